The molecule has 0 spiro atoms. The molecule has 0 bridgehead atoms. The Kier molecular flexibility index (Phi) is 9.53. The Morgan fingerprint density at radius 2 is 1.76 bits per heavy atom. The predicted molar refractivity (Wildman–Crippen MR) is 157 cm³/mol. The summed E-state index contributed by atoms with van der Waals surface area (Å²) in [6.07, 6.45) is -1.84. The number of aryl methyl sites for hydroxylation is 1. The molecule has 0 aliphatic carbocycles. The summed E-state index contributed by atoms with van der Waals surface area (Å²) in [4.78, 5) is 28.2. The van der Waals surface area contributed by atoms with Gasteiger partial charge in [-0.2, -0.15) is 0 Å². The normalized spacial score (nSPS) is 18.1. The minimum Gasteiger partial charge on any atom is -0.382 e. The molecule has 218 valence electrons. The van der Waals surface area contributed by atoms with Crippen molar-refractivity contribution in [3.8, 4) is 0 Å². The number of nitrogens with zero attached hydrogens (tertiary/aromatic N) is 1. The Labute approximate surface area is 244 Å². The lowest BCUT2D eigenvalue weighted by Crippen LogP contribution is -2.58. The molecule has 3 N–H and O–H groups in total. The van der Waals surface area contributed by atoms with Crippen molar-refractivity contribution >= 4 is 33.6 Å². The highest BCUT2D eigenvalue weighted by molar-refractivity contribution is 8.00. The molecule has 11 heteroatoms. The maximum absolute atomic E-state index is 13.8. The summed E-state index contributed by atoms with van der Waals surface area (Å²) in [7, 11) is -4.31. The molecule has 1 aliphatic heterocycles. The van der Waals surface area contributed by atoms with E-state index in [1.165, 1.54) is 28.8 Å². The molecule has 0 unspecified atom stereocenters. The van der Waals surface area contributed by atoms with Crippen molar-refractivity contribution in [1.29, 1.82) is 0 Å². The number of aliphatic hydroxyl groups excluding tert-OH is 1. The van der Waals surface area contributed by atoms with Gasteiger partial charge in [-0.05, 0) is 62.1 Å². The maximum Gasteiger partial charge on any atom is 0.254 e. The first-order valence-corrected chi connectivity index (χ1v) is 15.6. The quantitative estimate of drug-likeness (QED) is 0.329. The van der Waals surface area contributed by atoms with Gasteiger partial charge in [0.15, 0.2) is 0 Å². The first-order chi connectivity index (χ1) is 19.4. The third-order valence-corrected chi connectivity index (χ3v) is 10.00. The van der Waals surface area contributed by atoms with E-state index >= 15 is 0 Å². The van der Waals surface area contributed by atoms with Crippen LogP contribution >= 0.6 is 11.8 Å². The van der Waals surface area contributed by atoms with Crippen LogP contribution in [0.1, 0.15) is 30.5 Å². The zero-order chi connectivity index (χ0) is 29.8. The third kappa shape index (κ3) is 7.34. The van der Waals surface area contributed by atoms with Crippen LogP contribution in [0.2, 0.25) is 0 Å². The minimum atomic E-state index is -4.31. The number of carbonyl (C=O) groups is 2. The molecule has 1 saturated heterocycles. The Morgan fingerprint density at radius 3 is 2.44 bits per heavy atom. The zero-order valence-corrected chi connectivity index (χ0v) is 24.7. The SMILES string of the molecule is Cc1ccccc1CNC(=O)[C@H]1N(C(=O)[C@@H](O)[C@H](Cc2ccccc2)NS(=O)(=O)c2cccc(F)c2)CSC1(C)C. The lowest BCUT2D eigenvalue weighted by atomic mass is 9.97. The summed E-state index contributed by atoms with van der Waals surface area (Å²) in [5.74, 6) is -1.74. The molecule has 0 aromatic heterocycles. The number of sulfonamides is 1. The Bertz CT molecular complexity index is 1500. The van der Waals surface area contributed by atoms with Crippen molar-refractivity contribution in [1.82, 2.24) is 14.9 Å². The largest absolute Gasteiger partial charge is 0.382 e. The van der Waals surface area contributed by atoms with Gasteiger partial charge in [0.05, 0.1) is 16.8 Å². The van der Waals surface area contributed by atoms with Gasteiger partial charge in [-0.25, -0.2) is 17.5 Å². The standard InChI is InChI=1S/C30H34FN3O5S2/c1-20-10-7-8-13-22(20)18-32-28(36)27-30(2,3)40-19-34(27)29(37)26(35)25(16-21-11-5-4-6-12-21)33-41(38,39)24-15-9-14-23(31)17-24/h4-15,17,25-27,33,35H,16,18-19H2,1-3H3,(H,32,36)/t25-,26-,27+/m0/s1. The zero-order valence-electron chi connectivity index (χ0n) is 23.1. The van der Waals surface area contributed by atoms with Crippen LogP contribution in [0, 0.1) is 12.7 Å². The van der Waals surface area contributed by atoms with Crippen LogP contribution in [0.4, 0.5) is 4.39 Å². The number of amides is 2. The van der Waals surface area contributed by atoms with Crippen LogP contribution in [0.3, 0.4) is 0 Å². The topological polar surface area (TPSA) is 116 Å². The first kappa shape index (κ1) is 30.7. The van der Waals surface area contributed by atoms with Crippen LogP contribution in [-0.2, 0) is 32.6 Å². The molecule has 41 heavy (non-hydrogen) atoms. The van der Waals surface area contributed by atoms with Crippen LogP contribution in [0.15, 0.2) is 83.8 Å². The molecular formula is C30H34FN3O5S2. The van der Waals surface area contributed by atoms with E-state index in [1.807, 2.05) is 45.0 Å². The van der Waals surface area contributed by atoms with Gasteiger partial charge < -0.3 is 15.3 Å². The second kappa shape index (κ2) is 12.7. The highest BCUT2D eigenvalue weighted by Gasteiger charge is 2.50. The van der Waals surface area contributed by atoms with E-state index < -0.39 is 44.7 Å². The molecule has 3 aromatic carbocycles. The van der Waals surface area contributed by atoms with Crippen molar-refractivity contribution in [3.05, 3.63) is 101 Å². The highest BCUT2D eigenvalue weighted by Crippen LogP contribution is 2.40. The number of rotatable bonds is 10. The van der Waals surface area contributed by atoms with Crippen molar-refractivity contribution < 1.29 is 27.5 Å². The number of hydrogen-bond donors (Lipinski definition) is 3. The van der Waals surface area contributed by atoms with E-state index in [2.05, 4.69) is 10.0 Å². The van der Waals surface area contributed by atoms with Gasteiger partial charge in [-0.3, -0.25) is 9.59 Å². The number of aliphatic hydroxyl groups is 1. The maximum atomic E-state index is 13.8. The number of halogens is 1. The van der Waals surface area contributed by atoms with E-state index in [9.17, 15) is 27.5 Å². The predicted octanol–water partition coefficient (Wildman–Crippen LogP) is 3.38. The molecule has 2 amide bonds. The molecule has 3 atom stereocenters. The molecule has 0 radical (unpaired) electrons. The van der Waals surface area contributed by atoms with Crippen molar-refractivity contribution in [2.45, 2.75) is 61.6 Å². The molecule has 3 aromatic rings. The van der Waals surface area contributed by atoms with Crippen molar-refractivity contribution in [2.24, 2.45) is 0 Å². The second-order valence-electron chi connectivity index (χ2n) is 10.6. The number of hydrogen-bond acceptors (Lipinski definition) is 6. The van der Waals surface area contributed by atoms with E-state index in [0.29, 0.717) is 5.56 Å². The van der Waals surface area contributed by atoms with E-state index in [0.717, 1.165) is 23.3 Å². The van der Waals surface area contributed by atoms with Crippen LogP contribution < -0.4 is 10.0 Å². The van der Waals surface area contributed by atoms with Gasteiger partial charge in [0.25, 0.3) is 5.91 Å². The smallest absolute Gasteiger partial charge is 0.254 e. The number of thioether (sulfide) groups is 1. The number of nitrogens with one attached hydrogen (secondary N) is 2. The molecule has 4 rings (SSSR count). The fourth-order valence-corrected chi connectivity index (χ4v) is 7.24. The third-order valence-electron chi connectivity index (χ3n) is 7.14. The van der Waals surface area contributed by atoms with Crippen LogP contribution in [-0.4, -0.2) is 59.1 Å². The Morgan fingerprint density at radius 1 is 1.07 bits per heavy atom. The van der Waals surface area contributed by atoms with E-state index in [-0.39, 0.29) is 29.6 Å². The fraction of sp³-hybridized carbons (Fsp3) is 0.333. The first-order valence-electron chi connectivity index (χ1n) is 13.2. The fourth-order valence-electron chi connectivity index (χ4n) is 4.83. The average Bonchev–Trinajstić information content (AvgIpc) is 3.26. The second-order valence-corrected chi connectivity index (χ2v) is 13.9. The number of carbonyl (C=O) groups excluding carboxylic acids is 2. The molecule has 8 nitrogen and oxygen atoms in total. The lowest BCUT2D eigenvalue weighted by Gasteiger charge is -2.33. The summed E-state index contributed by atoms with van der Waals surface area (Å²) < 4.78 is 41.9. The molecule has 1 fully saturated rings. The van der Waals surface area contributed by atoms with Crippen LogP contribution in [0.5, 0.6) is 0 Å². The summed E-state index contributed by atoms with van der Waals surface area (Å²) in [5.41, 5.74) is 2.64. The van der Waals surface area contributed by atoms with Gasteiger partial charge in [0.2, 0.25) is 15.9 Å². The van der Waals surface area contributed by atoms with Gasteiger partial charge >= 0.3 is 0 Å². The summed E-state index contributed by atoms with van der Waals surface area (Å²) in [5, 5.41) is 14.3. The molecular weight excluding hydrogens is 565 g/mol. The summed E-state index contributed by atoms with van der Waals surface area (Å²) in [6.45, 7) is 5.92. The molecule has 1 aliphatic rings. The van der Waals surface area contributed by atoms with Crippen molar-refractivity contribution in [2.75, 3.05) is 5.88 Å². The van der Waals surface area contributed by atoms with E-state index in [1.54, 1.807) is 30.3 Å². The summed E-state index contributed by atoms with van der Waals surface area (Å²) >= 11 is 1.39. The minimum absolute atomic E-state index is 0.0170. The van der Waals surface area contributed by atoms with Gasteiger partial charge in [0, 0.05) is 11.3 Å². The lowest BCUT2D eigenvalue weighted by molar-refractivity contribution is -0.147. The molecule has 0 saturated carbocycles. The monoisotopic (exact) mass is 599 g/mol. The average molecular weight is 600 g/mol. The van der Waals surface area contributed by atoms with E-state index in [4.69, 9.17) is 0 Å². The highest BCUT2D eigenvalue weighted by atomic mass is 32.2. The van der Waals surface area contributed by atoms with Gasteiger partial charge in [0.1, 0.15) is 18.0 Å². The van der Waals surface area contributed by atoms with Gasteiger partial charge in [-0.15, -0.1) is 11.8 Å². The van der Waals surface area contributed by atoms with Gasteiger partial charge in [-0.1, -0.05) is 60.7 Å². The van der Waals surface area contributed by atoms with Crippen LogP contribution in [0.25, 0.3) is 0 Å². The molecule has 1 heterocycles. The summed E-state index contributed by atoms with van der Waals surface area (Å²) in [6, 6.07) is 18.7. The Balaban J connectivity index is 1.58. The number of benzene rings is 3. The van der Waals surface area contributed by atoms with Crippen molar-refractivity contribution in [3.63, 3.8) is 0 Å². The Hall–Kier alpha value is -3.25.